The molecule has 1 N–H and O–H groups in total. The van der Waals surface area contributed by atoms with Crippen molar-refractivity contribution < 1.29 is 38.8 Å². The normalized spacial score (nSPS) is 22.2. The Balaban J connectivity index is 2.68. The average Bonchev–Trinajstić information content (AvgIpc) is 2.69. The van der Waals surface area contributed by atoms with E-state index < -0.39 is 35.9 Å². The van der Waals surface area contributed by atoms with E-state index in [1.807, 2.05) is 0 Å². The third kappa shape index (κ3) is 10.9. The molecule has 0 spiro atoms. The maximum Gasteiger partial charge on any atom is 0.369 e. The molecule has 1 aliphatic heterocycles. The number of aliphatic carboxylic acids is 1. The standard InChI is InChI=1S/C21H34O8/c1-2-3-4-5-6-7-10-13-16-20(25)27-17(19(23)24)14-11-8-9-12-15-18(22)28-29-21(16)26/h16-17H,2-15H2,1H3,(H,23,24). The van der Waals surface area contributed by atoms with E-state index in [9.17, 15) is 24.3 Å². The van der Waals surface area contributed by atoms with Crippen molar-refractivity contribution in [2.75, 3.05) is 0 Å². The van der Waals surface area contributed by atoms with Crippen molar-refractivity contribution in [3.8, 4) is 0 Å². The minimum absolute atomic E-state index is 0.0997. The fourth-order valence-electron chi connectivity index (χ4n) is 3.23. The molecule has 8 heteroatoms. The molecule has 8 nitrogen and oxygen atoms in total. The van der Waals surface area contributed by atoms with Crippen molar-refractivity contribution in [2.45, 2.75) is 103 Å². The molecule has 29 heavy (non-hydrogen) atoms. The lowest BCUT2D eigenvalue weighted by molar-refractivity contribution is -0.262. The topological polar surface area (TPSA) is 116 Å². The summed E-state index contributed by atoms with van der Waals surface area (Å²) >= 11 is 0. The number of hydrogen-bond donors (Lipinski definition) is 1. The van der Waals surface area contributed by atoms with E-state index >= 15 is 0 Å². The third-order valence-electron chi connectivity index (χ3n) is 5.01. The molecular formula is C21H34O8. The van der Waals surface area contributed by atoms with Crippen LogP contribution in [0.3, 0.4) is 0 Å². The average molecular weight is 414 g/mol. The Bertz CT molecular complexity index is 531. The molecule has 0 radical (unpaired) electrons. The number of carboxylic acid groups (broad SMARTS) is 1. The summed E-state index contributed by atoms with van der Waals surface area (Å²) in [5, 5.41) is 9.30. The first-order valence-corrected chi connectivity index (χ1v) is 10.8. The van der Waals surface area contributed by atoms with Gasteiger partial charge in [0.05, 0.1) is 6.42 Å². The second kappa shape index (κ2) is 14.8. The first kappa shape index (κ1) is 24.9. The lowest BCUT2D eigenvalue weighted by Gasteiger charge is -2.18. The molecule has 2 unspecified atom stereocenters. The highest BCUT2D eigenvalue weighted by atomic mass is 17.2. The SMILES string of the molecule is CCCCCCCCCC1C(=O)OOC(=O)CCCCCCC(C(=O)O)OC1=O. The van der Waals surface area contributed by atoms with Crippen LogP contribution in [0.5, 0.6) is 0 Å². The van der Waals surface area contributed by atoms with Gasteiger partial charge in [0.25, 0.3) is 0 Å². The second-order valence-electron chi connectivity index (χ2n) is 7.54. The van der Waals surface area contributed by atoms with Gasteiger partial charge in [-0.25, -0.2) is 24.2 Å². The summed E-state index contributed by atoms with van der Waals surface area (Å²) in [5.41, 5.74) is 0. The zero-order chi connectivity index (χ0) is 21.5. The molecule has 0 bridgehead atoms. The van der Waals surface area contributed by atoms with E-state index in [4.69, 9.17) is 4.74 Å². The molecule has 1 rings (SSSR count). The van der Waals surface area contributed by atoms with Gasteiger partial charge in [-0.3, -0.25) is 4.79 Å². The van der Waals surface area contributed by atoms with Gasteiger partial charge in [0.2, 0.25) is 0 Å². The van der Waals surface area contributed by atoms with Crippen molar-refractivity contribution in [3.63, 3.8) is 0 Å². The van der Waals surface area contributed by atoms with E-state index in [2.05, 4.69) is 16.7 Å². The van der Waals surface area contributed by atoms with Crippen molar-refractivity contribution in [3.05, 3.63) is 0 Å². The van der Waals surface area contributed by atoms with Crippen LogP contribution in [0.1, 0.15) is 96.8 Å². The fraction of sp³-hybridized carbons (Fsp3) is 0.810. The predicted molar refractivity (Wildman–Crippen MR) is 104 cm³/mol. The Hall–Kier alpha value is -2.12. The van der Waals surface area contributed by atoms with Gasteiger partial charge in [0.15, 0.2) is 12.0 Å². The van der Waals surface area contributed by atoms with Gasteiger partial charge in [-0.1, -0.05) is 64.7 Å². The molecule has 0 aromatic rings. The van der Waals surface area contributed by atoms with Crippen LogP contribution in [0.4, 0.5) is 0 Å². The lowest BCUT2D eigenvalue weighted by atomic mass is 10.00. The summed E-state index contributed by atoms with van der Waals surface area (Å²) in [5.74, 6) is -5.16. The number of hydrogen-bond acceptors (Lipinski definition) is 7. The largest absolute Gasteiger partial charge is 0.479 e. The molecule has 0 saturated carbocycles. The summed E-state index contributed by atoms with van der Waals surface area (Å²) in [4.78, 5) is 56.8. The molecule has 1 aliphatic rings. The van der Waals surface area contributed by atoms with Crippen LogP contribution in [0.2, 0.25) is 0 Å². The minimum Gasteiger partial charge on any atom is -0.479 e. The minimum atomic E-state index is -1.30. The number of ether oxygens (including phenoxy) is 1. The van der Waals surface area contributed by atoms with Crippen LogP contribution in [0.15, 0.2) is 0 Å². The second-order valence-corrected chi connectivity index (χ2v) is 7.54. The van der Waals surface area contributed by atoms with Crippen LogP contribution in [0.25, 0.3) is 0 Å². The Morgan fingerprint density at radius 2 is 1.55 bits per heavy atom. The van der Waals surface area contributed by atoms with Gasteiger partial charge in [0.1, 0.15) is 0 Å². The van der Waals surface area contributed by atoms with Gasteiger partial charge in [-0.05, 0) is 25.7 Å². The van der Waals surface area contributed by atoms with E-state index in [-0.39, 0.29) is 19.3 Å². The highest BCUT2D eigenvalue weighted by Gasteiger charge is 2.34. The van der Waals surface area contributed by atoms with Crippen molar-refractivity contribution in [1.29, 1.82) is 0 Å². The molecule has 1 saturated heterocycles. The van der Waals surface area contributed by atoms with Crippen LogP contribution in [-0.4, -0.2) is 35.1 Å². The number of carbonyl (C=O) groups is 4. The van der Waals surface area contributed by atoms with E-state index in [0.717, 1.165) is 32.1 Å². The molecule has 0 aromatic heterocycles. The summed E-state index contributed by atoms with van der Waals surface area (Å²) in [6.07, 6.45) is 8.64. The summed E-state index contributed by atoms with van der Waals surface area (Å²) < 4.78 is 5.10. The number of cyclic esters (lactones) is 1. The van der Waals surface area contributed by atoms with E-state index in [1.54, 1.807) is 0 Å². The molecular weight excluding hydrogens is 380 g/mol. The number of carbonyl (C=O) groups excluding carboxylic acids is 3. The highest BCUT2D eigenvalue weighted by molar-refractivity contribution is 5.95. The van der Waals surface area contributed by atoms with Crippen molar-refractivity contribution in [1.82, 2.24) is 0 Å². The van der Waals surface area contributed by atoms with Gasteiger partial charge in [0, 0.05) is 0 Å². The van der Waals surface area contributed by atoms with Crippen LogP contribution in [0, 0.1) is 5.92 Å². The molecule has 1 heterocycles. The van der Waals surface area contributed by atoms with Gasteiger partial charge < -0.3 is 9.84 Å². The predicted octanol–water partition coefficient (Wildman–Crippen LogP) is 4.10. The zero-order valence-corrected chi connectivity index (χ0v) is 17.4. The number of unbranched alkanes of at least 4 members (excludes halogenated alkanes) is 6. The summed E-state index contributed by atoms with van der Waals surface area (Å²) in [6, 6.07) is 0. The smallest absolute Gasteiger partial charge is 0.369 e. The number of esters is 1. The number of rotatable bonds is 9. The van der Waals surface area contributed by atoms with Gasteiger partial charge in [-0.2, -0.15) is 0 Å². The van der Waals surface area contributed by atoms with Gasteiger partial charge >= 0.3 is 23.9 Å². The van der Waals surface area contributed by atoms with E-state index in [1.165, 1.54) is 6.42 Å². The molecule has 1 fully saturated rings. The fourth-order valence-corrected chi connectivity index (χ4v) is 3.23. The summed E-state index contributed by atoms with van der Waals surface area (Å²) in [7, 11) is 0. The maximum atomic E-state index is 12.5. The van der Waals surface area contributed by atoms with Gasteiger partial charge in [-0.15, -0.1) is 0 Å². The molecule has 2 atom stereocenters. The van der Waals surface area contributed by atoms with Crippen LogP contribution in [-0.2, 0) is 33.7 Å². The van der Waals surface area contributed by atoms with E-state index in [0.29, 0.717) is 32.1 Å². The monoisotopic (exact) mass is 414 g/mol. The number of carboxylic acids is 1. The Morgan fingerprint density at radius 1 is 0.897 bits per heavy atom. The molecule has 0 aromatic carbocycles. The maximum absolute atomic E-state index is 12.5. The Kier molecular flexibility index (Phi) is 12.7. The third-order valence-corrected chi connectivity index (χ3v) is 5.01. The Morgan fingerprint density at radius 3 is 2.24 bits per heavy atom. The summed E-state index contributed by atoms with van der Waals surface area (Å²) in [6.45, 7) is 2.14. The lowest BCUT2D eigenvalue weighted by Crippen LogP contribution is -2.34. The molecule has 0 aliphatic carbocycles. The zero-order valence-electron chi connectivity index (χ0n) is 17.4. The van der Waals surface area contributed by atoms with Crippen LogP contribution >= 0.6 is 0 Å². The molecule has 166 valence electrons. The molecule has 0 amide bonds. The first-order valence-electron chi connectivity index (χ1n) is 10.8. The first-order chi connectivity index (χ1) is 14.0. The highest BCUT2D eigenvalue weighted by Crippen LogP contribution is 2.19. The van der Waals surface area contributed by atoms with Crippen LogP contribution < -0.4 is 0 Å². The van der Waals surface area contributed by atoms with Crippen molar-refractivity contribution in [2.24, 2.45) is 5.92 Å². The quantitative estimate of drug-likeness (QED) is 0.259. The van der Waals surface area contributed by atoms with Crippen molar-refractivity contribution >= 4 is 23.9 Å². The Labute approximate surface area is 172 Å².